The largest absolute Gasteiger partial charge is 0.444 e. The molecule has 0 aliphatic carbocycles. The van der Waals surface area contributed by atoms with Gasteiger partial charge in [-0.1, -0.05) is 65.7 Å². The molecule has 0 aliphatic heterocycles. The van der Waals surface area contributed by atoms with E-state index in [4.69, 9.17) is 4.74 Å². The number of hydrogen-bond acceptors (Lipinski definition) is 3. The van der Waals surface area contributed by atoms with Crippen LogP contribution in [0.3, 0.4) is 0 Å². The Morgan fingerprint density at radius 1 is 0.840 bits per heavy atom. The molecular formula is C21H44N2O2. The first-order valence-electron chi connectivity index (χ1n) is 10.5. The van der Waals surface area contributed by atoms with E-state index in [2.05, 4.69) is 31.4 Å². The molecule has 0 aromatic rings. The van der Waals surface area contributed by atoms with Crippen LogP contribution in [0.5, 0.6) is 0 Å². The van der Waals surface area contributed by atoms with Gasteiger partial charge in [-0.15, -0.1) is 0 Å². The summed E-state index contributed by atoms with van der Waals surface area (Å²) in [4.78, 5) is 12.1. The molecule has 0 spiro atoms. The van der Waals surface area contributed by atoms with Crippen LogP contribution in [0.15, 0.2) is 0 Å². The molecule has 150 valence electrons. The molecule has 0 aromatic heterocycles. The molecule has 0 aromatic carbocycles. The van der Waals surface area contributed by atoms with Gasteiger partial charge in [0.1, 0.15) is 5.60 Å². The second-order valence-electron chi connectivity index (χ2n) is 8.27. The zero-order valence-corrected chi connectivity index (χ0v) is 17.8. The Kier molecular flexibility index (Phi) is 13.0. The number of alkyl carbamates (subject to hydrolysis) is 1. The second kappa shape index (κ2) is 13.4. The Bertz CT molecular complexity index is 333. The van der Waals surface area contributed by atoms with Crippen LogP contribution in [0, 0.1) is 0 Å². The van der Waals surface area contributed by atoms with Crippen LogP contribution in [-0.4, -0.2) is 30.3 Å². The average molecular weight is 357 g/mol. The maximum absolute atomic E-state index is 12.1. The van der Waals surface area contributed by atoms with Gasteiger partial charge in [0.15, 0.2) is 0 Å². The lowest BCUT2D eigenvalue weighted by atomic mass is 9.93. The maximum Gasteiger partial charge on any atom is 0.408 e. The van der Waals surface area contributed by atoms with E-state index >= 15 is 0 Å². The lowest BCUT2D eigenvalue weighted by Gasteiger charge is -2.34. The van der Waals surface area contributed by atoms with E-state index in [9.17, 15) is 4.79 Å². The number of unbranched alkanes of at least 4 members (excludes halogenated alkanes) is 7. The van der Waals surface area contributed by atoms with Crippen LogP contribution >= 0.6 is 0 Å². The lowest BCUT2D eigenvalue weighted by molar-refractivity contribution is 0.0446. The second-order valence-corrected chi connectivity index (χ2v) is 8.27. The Labute approximate surface area is 156 Å². The number of carbonyl (C=O) groups is 1. The van der Waals surface area contributed by atoms with Crippen molar-refractivity contribution >= 4 is 6.09 Å². The monoisotopic (exact) mass is 356 g/mol. The molecule has 1 amide bonds. The van der Waals surface area contributed by atoms with Gasteiger partial charge in [-0.05, 0) is 46.6 Å². The molecule has 0 radical (unpaired) electrons. The zero-order chi connectivity index (χ0) is 19.2. The molecule has 4 heteroatoms. The molecule has 0 aliphatic rings. The summed E-state index contributed by atoms with van der Waals surface area (Å²) in [5.74, 6) is 0. The van der Waals surface area contributed by atoms with Gasteiger partial charge >= 0.3 is 6.09 Å². The molecule has 0 fully saturated rings. The molecule has 4 nitrogen and oxygen atoms in total. The first-order valence-corrected chi connectivity index (χ1v) is 10.5. The molecule has 25 heavy (non-hydrogen) atoms. The van der Waals surface area contributed by atoms with E-state index in [1.54, 1.807) is 0 Å². The number of ether oxygens (including phenoxy) is 1. The minimum Gasteiger partial charge on any atom is -0.444 e. The van der Waals surface area contributed by atoms with Gasteiger partial charge in [-0.2, -0.15) is 0 Å². The third-order valence-electron chi connectivity index (χ3n) is 4.79. The van der Waals surface area contributed by atoms with Crippen molar-refractivity contribution in [3.05, 3.63) is 0 Å². The van der Waals surface area contributed by atoms with Gasteiger partial charge in [0.05, 0.1) is 5.54 Å². The van der Waals surface area contributed by atoms with Gasteiger partial charge < -0.3 is 15.4 Å². The van der Waals surface area contributed by atoms with Crippen molar-refractivity contribution in [2.24, 2.45) is 0 Å². The van der Waals surface area contributed by atoms with Gasteiger partial charge in [0.25, 0.3) is 0 Å². The highest BCUT2D eigenvalue weighted by molar-refractivity contribution is 5.68. The highest BCUT2D eigenvalue weighted by Crippen LogP contribution is 2.16. The van der Waals surface area contributed by atoms with Crippen molar-refractivity contribution in [2.45, 2.75) is 117 Å². The summed E-state index contributed by atoms with van der Waals surface area (Å²) in [6.07, 6.45) is 12.2. The van der Waals surface area contributed by atoms with E-state index in [-0.39, 0.29) is 11.6 Å². The fourth-order valence-corrected chi connectivity index (χ4v) is 2.95. The van der Waals surface area contributed by atoms with Crippen molar-refractivity contribution in [3.63, 3.8) is 0 Å². The summed E-state index contributed by atoms with van der Waals surface area (Å²) in [6, 6.07) is 0. The fourth-order valence-electron chi connectivity index (χ4n) is 2.95. The Hall–Kier alpha value is -0.770. The van der Waals surface area contributed by atoms with E-state index < -0.39 is 5.60 Å². The quantitative estimate of drug-likeness (QED) is 0.387. The molecule has 2 N–H and O–H groups in total. The predicted molar refractivity (Wildman–Crippen MR) is 108 cm³/mol. The molecule has 0 heterocycles. The van der Waals surface area contributed by atoms with Crippen LogP contribution in [-0.2, 0) is 4.74 Å². The summed E-state index contributed by atoms with van der Waals surface area (Å²) in [6.45, 7) is 14.0. The van der Waals surface area contributed by atoms with E-state index in [0.717, 1.165) is 25.9 Å². The Morgan fingerprint density at radius 3 is 1.84 bits per heavy atom. The number of amides is 1. The van der Waals surface area contributed by atoms with E-state index in [1.165, 1.54) is 51.4 Å². The van der Waals surface area contributed by atoms with Crippen LogP contribution in [0.4, 0.5) is 4.79 Å². The molecule has 0 unspecified atom stereocenters. The number of rotatable bonds is 14. The van der Waals surface area contributed by atoms with Crippen LogP contribution < -0.4 is 10.6 Å². The van der Waals surface area contributed by atoms with Crippen molar-refractivity contribution < 1.29 is 9.53 Å². The molecule has 0 saturated heterocycles. The van der Waals surface area contributed by atoms with Crippen molar-refractivity contribution in [3.8, 4) is 0 Å². The van der Waals surface area contributed by atoms with Crippen molar-refractivity contribution in [1.29, 1.82) is 0 Å². The van der Waals surface area contributed by atoms with Gasteiger partial charge in [0.2, 0.25) is 0 Å². The van der Waals surface area contributed by atoms with Crippen molar-refractivity contribution in [1.82, 2.24) is 10.6 Å². The molecule has 0 saturated carbocycles. The lowest BCUT2D eigenvalue weighted by Crippen LogP contribution is -2.55. The highest BCUT2D eigenvalue weighted by atomic mass is 16.6. The topological polar surface area (TPSA) is 50.4 Å². The maximum atomic E-state index is 12.1. The summed E-state index contributed by atoms with van der Waals surface area (Å²) >= 11 is 0. The molecule has 0 atom stereocenters. The first-order chi connectivity index (χ1) is 11.8. The average Bonchev–Trinajstić information content (AvgIpc) is 2.53. The first kappa shape index (κ1) is 24.2. The molecular weight excluding hydrogens is 312 g/mol. The highest BCUT2D eigenvalue weighted by Gasteiger charge is 2.29. The minimum absolute atomic E-state index is 0.220. The van der Waals surface area contributed by atoms with Gasteiger partial charge in [-0.3, -0.25) is 0 Å². The Morgan fingerprint density at radius 2 is 1.36 bits per heavy atom. The van der Waals surface area contributed by atoms with Crippen molar-refractivity contribution in [2.75, 3.05) is 13.1 Å². The summed E-state index contributed by atoms with van der Waals surface area (Å²) < 4.78 is 5.42. The summed E-state index contributed by atoms with van der Waals surface area (Å²) in [5.41, 5.74) is -0.676. The summed E-state index contributed by atoms with van der Waals surface area (Å²) in [7, 11) is 0. The predicted octanol–water partition coefficient (Wildman–Crippen LogP) is 5.80. The van der Waals surface area contributed by atoms with Gasteiger partial charge in [-0.25, -0.2) is 4.79 Å². The van der Waals surface area contributed by atoms with Gasteiger partial charge in [0, 0.05) is 6.54 Å². The number of carbonyl (C=O) groups excluding carboxylic acids is 1. The van der Waals surface area contributed by atoms with Crippen LogP contribution in [0.1, 0.15) is 106 Å². The van der Waals surface area contributed by atoms with E-state index in [0.29, 0.717) is 0 Å². The third-order valence-corrected chi connectivity index (χ3v) is 4.79. The minimum atomic E-state index is -0.456. The molecule has 0 rings (SSSR count). The standard InChI is InChI=1S/C21H44N2O2/c1-7-10-11-12-13-14-15-16-17-22-18-21(8-2,9-3)23-19(24)25-20(4,5)6/h22H,7-18H2,1-6H3,(H,23,24). The molecule has 0 bridgehead atoms. The smallest absolute Gasteiger partial charge is 0.408 e. The van der Waals surface area contributed by atoms with Crippen LogP contribution in [0.25, 0.3) is 0 Å². The van der Waals surface area contributed by atoms with Crippen LogP contribution in [0.2, 0.25) is 0 Å². The normalized spacial score (nSPS) is 12.2. The zero-order valence-electron chi connectivity index (χ0n) is 17.8. The van der Waals surface area contributed by atoms with E-state index in [1.807, 2.05) is 20.8 Å². The Balaban J connectivity index is 3.97. The number of nitrogens with one attached hydrogen (secondary N) is 2. The SMILES string of the molecule is CCCCCCCCCCNCC(CC)(CC)NC(=O)OC(C)(C)C. The fraction of sp³-hybridized carbons (Fsp3) is 0.952. The third kappa shape index (κ3) is 13.1. The number of hydrogen-bond donors (Lipinski definition) is 2. The summed E-state index contributed by atoms with van der Waals surface area (Å²) in [5, 5.41) is 6.63.